The fraction of sp³-hybridized carbons (Fsp3) is 0. The first kappa shape index (κ1) is 11.4. The molecule has 0 spiro atoms. The fourth-order valence-electron chi connectivity index (χ4n) is 1.17. The molecule has 0 aliphatic heterocycles. The maximum absolute atomic E-state index is 13.0. The van der Waals surface area contributed by atoms with Crippen LogP contribution in [0.5, 0.6) is 0 Å². The van der Waals surface area contributed by atoms with Crippen molar-refractivity contribution >= 4 is 39.0 Å². The molecule has 2 aromatic rings. The third kappa shape index (κ3) is 2.71. The van der Waals surface area contributed by atoms with E-state index in [0.29, 0.717) is 15.3 Å². The zero-order valence-electron chi connectivity index (χ0n) is 8.05. The van der Waals surface area contributed by atoms with Gasteiger partial charge >= 0.3 is 0 Å². The van der Waals surface area contributed by atoms with Gasteiger partial charge in [0.05, 0.1) is 9.50 Å². The van der Waals surface area contributed by atoms with Crippen LogP contribution in [0, 0.1) is 5.82 Å². The van der Waals surface area contributed by atoms with Gasteiger partial charge in [0.25, 0.3) is 0 Å². The van der Waals surface area contributed by atoms with Gasteiger partial charge in [0.2, 0.25) is 0 Å². The van der Waals surface area contributed by atoms with Gasteiger partial charge in [-0.1, -0.05) is 11.6 Å². The average molecular weight is 302 g/mol. The fourth-order valence-corrected chi connectivity index (χ4v) is 1.66. The maximum Gasteiger partial charge on any atom is 0.137 e. The molecule has 0 radical (unpaired) electrons. The van der Waals surface area contributed by atoms with Crippen molar-refractivity contribution in [3.05, 3.63) is 51.8 Å². The van der Waals surface area contributed by atoms with Crippen molar-refractivity contribution in [2.75, 3.05) is 5.32 Å². The van der Waals surface area contributed by atoms with Crippen molar-refractivity contribution in [2.45, 2.75) is 0 Å². The molecule has 1 N–H and O–H groups in total. The molecular formula is C11H7BrClFN2. The zero-order chi connectivity index (χ0) is 11.5. The summed E-state index contributed by atoms with van der Waals surface area (Å²) in [7, 11) is 0. The summed E-state index contributed by atoms with van der Waals surface area (Å²) in [5.74, 6) is 0.359. The first-order chi connectivity index (χ1) is 7.65. The molecule has 0 fully saturated rings. The van der Waals surface area contributed by atoms with E-state index in [1.165, 1.54) is 6.07 Å². The lowest BCUT2D eigenvalue weighted by atomic mass is 10.3. The predicted molar refractivity (Wildman–Crippen MR) is 66.6 cm³/mol. The second kappa shape index (κ2) is 4.80. The second-order valence-electron chi connectivity index (χ2n) is 3.12. The molecule has 0 amide bonds. The minimum atomic E-state index is -0.297. The van der Waals surface area contributed by atoms with Gasteiger partial charge in [-0.3, -0.25) is 0 Å². The molecule has 0 aliphatic rings. The third-order valence-corrected chi connectivity index (χ3v) is 2.75. The van der Waals surface area contributed by atoms with Crippen molar-refractivity contribution in [1.82, 2.24) is 4.98 Å². The van der Waals surface area contributed by atoms with Gasteiger partial charge < -0.3 is 5.32 Å². The molecule has 0 saturated heterocycles. The van der Waals surface area contributed by atoms with Crippen molar-refractivity contribution < 1.29 is 4.39 Å². The standard InChI is InChI=1S/C11H7BrClFN2/c12-9-5-8(2-3-10(9)14)16-11-4-1-7(13)6-15-11/h1-6H,(H,15,16). The molecule has 1 heterocycles. The highest BCUT2D eigenvalue weighted by atomic mass is 79.9. The molecule has 16 heavy (non-hydrogen) atoms. The summed E-state index contributed by atoms with van der Waals surface area (Å²) >= 11 is 8.83. The number of pyridine rings is 1. The number of hydrogen-bond acceptors (Lipinski definition) is 2. The predicted octanol–water partition coefficient (Wildman–Crippen LogP) is 4.38. The van der Waals surface area contributed by atoms with E-state index >= 15 is 0 Å². The van der Waals surface area contributed by atoms with Gasteiger partial charge in [0.1, 0.15) is 11.6 Å². The average Bonchev–Trinajstić information content (AvgIpc) is 2.27. The number of anilines is 2. The van der Waals surface area contributed by atoms with E-state index < -0.39 is 0 Å². The summed E-state index contributed by atoms with van der Waals surface area (Å²) in [6, 6.07) is 8.14. The molecule has 82 valence electrons. The molecule has 2 rings (SSSR count). The van der Waals surface area contributed by atoms with Crippen LogP contribution in [0.15, 0.2) is 41.0 Å². The smallest absolute Gasteiger partial charge is 0.137 e. The summed E-state index contributed by atoms with van der Waals surface area (Å²) in [6.45, 7) is 0. The normalized spacial score (nSPS) is 10.2. The quantitative estimate of drug-likeness (QED) is 0.890. The molecule has 5 heteroatoms. The Bertz CT molecular complexity index is 502. The Kier molecular flexibility index (Phi) is 3.41. The molecule has 1 aromatic heterocycles. The van der Waals surface area contributed by atoms with Gasteiger partial charge in [-0.05, 0) is 46.3 Å². The van der Waals surface area contributed by atoms with Gasteiger partial charge in [-0.2, -0.15) is 0 Å². The van der Waals surface area contributed by atoms with Gasteiger partial charge in [-0.25, -0.2) is 9.37 Å². The van der Waals surface area contributed by atoms with E-state index in [-0.39, 0.29) is 5.82 Å². The summed E-state index contributed by atoms with van der Waals surface area (Å²) in [5.41, 5.74) is 0.753. The van der Waals surface area contributed by atoms with E-state index in [4.69, 9.17) is 11.6 Å². The SMILES string of the molecule is Fc1ccc(Nc2ccc(Cl)cn2)cc1Br. The van der Waals surface area contributed by atoms with Crippen LogP contribution in [0.25, 0.3) is 0 Å². The molecule has 0 unspecified atom stereocenters. The molecule has 1 aromatic carbocycles. The van der Waals surface area contributed by atoms with Crippen molar-refractivity contribution in [2.24, 2.45) is 0 Å². The third-order valence-electron chi connectivity index (χ3n) is 1.92. The van der Waals surface area contributed by atoms with E-state index in [1.807, 2.05) is 0 Å². The summed E-state index contributed by atoms with van der Waals surface area (Å²) < 4.78 is 13.4. The van der Waals surface area contributed by atoms with Crippen LogP contribution in [0.3, 0.4) is 0 Å². The van der Waals surface area contributed by atoms with Crippen LogP contribution in [0.1, 0.15) is 0 Å². The van der Waals surface area contributed by atoms with Crippen LogP contribution in [-0.2, 0) is 0 Å². The number of nitrogens with zero attached hydrogens (tertiary/aromatic N) is 1. The summed E-state index contributed by atoms with van der Waals surface area (Å²) in [4.78, 5) is 4.07. The Balaban J connectivity index is 2.20. The van der Waals surface area contributed by atoms with Crippen LogP contribution in [0.4, 0.5) is 15.9 Å². The van der Waals surface area contributed by atoms with E-state index in [2.05, 4.69) is 26.2 Å². The molecule has 0 atom stereocenters. The molecule has 2 nitrogen and oxygen atoms in total. The van der Waals surface area contributed by atoms with Crippen molar-refractivity contribution in [3.8, 4) is 0 Å². The topological polar surface area (TPSA) is 24.9 Å². The molecule has 0 saturated carbocycles. The lowest BCUT2D eigenvalue weighted by molar-refractivity contribution is 0.621. The Morgan fingerprint density at radius 3 is 2.69 bits per heavy atom. The Hall–Kier alpha value is -1.13. The number of halogens is 3. The van der Waals surface area contributed by atoms with E-state index in [1.54, 1.807) is 30.5 Å². The van der Waals surface area contributed by atoms with Crippen LogP contribution < -0.4 is 5.32 Å². The van der Waals surface area contributed by atoms with E-state index in [0.717, 1.165) is 5.69 Å². The van der Waals surface area contributed by atoms with Gasteiger partial charge in [0.15, 0.2) is 0 Å². The summed E-state index contributed by atoms with van der Waals surface area (Å²) in [5, 5.41) is 3.61. The number of hydrogen-bond donors (Lipinski definition) is 1. The monoisotopic (exact) mass is 300 g/mol. The lowest BCUT2D eigenvalue weighted by Gasteiger charge is -2.06. The zero-order valence-corrected chi connectivity index (χ0v) is 10.4. The first-order valence-electron chi connectivity index (χ1n) is 4.49. The first-order valence-corrected chi connectivity index (χ1v) is 5.66. The maximum atomic E-state index is 13.0. The Morgan fingerprint density at radius 2 is 2.06 bits per heavy atom. The number of nitrogens with one attached hydrogen (secondary N) is 1. The highest BCUT2D eigenvalue weighted by molar-refractivity contribution is 9.10. The minimum Gasteiger partial charge on any atom is -0.340 e. The summed E-state index contributed by atoms with van der Waals surface area (Å²) in [6.07, 6.45) is 1.54. The minimum absolute atomic E-state index is 0.297. The number of aromatic nitrogens is 1. The van der Waals surface area contributed by atoms with Crippen LogP contribution >= 0.6 is 27.5 Å². The largest absolute Gasteiger partial charge is 0.340 e. The van der Waals surface area contributed by atoms with Gasteiger partial charge in [-0.15, -0.1) is 0 Å². The Morgan fingerprint density at radius 1 is 1.25 bits per heavy atom. The molecule has 0 aliphatic carbocycles. The highest BCUT2D eigenvalue weighted by Crippen LogP contribution is 2.22. The molecular weight excluding hydrogens is 294 g/mol. The van der Waals surface area contributed by atoms with E-state index in [9.17, 15) is 4.39 Å². The Labute approximate surface area is 106 Å². The van der Waals surface area contributed by atoms with Crippen LogP contribution in [-0.4, -0.2) is 4.98 Å². The van der Waals surface area contributed by atoms with Crippen molar-refractivity contribution in [3.63, 3.8) is 0 Å². The lowest BCUT2D eigenvalue weighted by Crippen LogP contribution is -1.93. The molecule has 0 bridgehead atoms. The highest BCUT2D eigenvalue weighted by Gasteiger charge is 2.01. The number of rotatable bonds is 2. The van der Waals surface area contributed by atoms with Gasteiger partial charge in [0, 0.05) is 11.9 Å². The second-order valence-corrected chi connectivity index (χ2v) is 4.41. The van der Waals surface area contributed by atoms with Crippen molar-refractivity contribution in [1.29, 1.82) is 0 Å². The van der Waals surface area contributed by atoms with Crippen LogP contribution in [0.2, 0.25) is 5.02 Å². The number of benzene rings is 1.